The number of hydrogen-bond donors (Lipinski definition) is 2. The number of nitrogens with two attached hydrogens (primary N) is 1. The van der Waals surface area contributed by atoms with Gasteiger partial charge in [-0.05, 0) is 12.8 Å². The zero-order chi connectivity index (χ0) is 10.5. The summed E-state index contributed by atoms with van der Waals surface area (Å²) in [6.07, 6.45) is 2.47. The summed E-state index contributed by atoms with van der Waals surface area (Å²) in [4.78, 5) is 6.66. The maximum absolute atomic E-state index is 5.73. The van der Waals surface area contributed by atoms with E-state index in [4.69, 9.17) is 10.5 Å². The molecule has 0 aromatic rings. The van der Waals surface area contributed by atoms with Gasteiger partial charge in [-0.3, -0.25) is 9.89 Å². The highest BCUT2D eigenvalue weighted by atomic mass is 127. The Morgan fingerprint density at radius 2 is 2.06 bits per heavy atom. The normalized spacial score (nSPS) is 22.6. The predicted molar refractivity (Wildman–Crippen MR) is 75.3 cm³/mol. The average Bonchev–Trinajstić information content (AvgIpc) is 3.03. The lowest BCUT2D eigenvalue weighted by atomic mass is 10.4. The van der Waals surface area contributed by atoms with Crippen LogP contribution in [0.4, 0.5) is 0 Å². The van der Waals surface area contributed by atoms with E-state index < -0.39 is 0 Å². The lowest BCUT2D eigenvalue weighted by molar-refractivity contribution is 0.0394. The van der Waals surface area contributed by atoms with Crippen LogP contribution in [0, 0.1) is 0 Å². The van der Waals surface area contributed by atoms with Crippen LogP contribution in [0.25, 0.3) is 0 Å². The third-order valence-electron chi connectivity index (χ3n) is 2.73. The van der Waals surface area contributed by atoms with Gasteiger partial charge in [0, 0.05) is 25.7 Å². The molecule has 0 bridgehead atoms. The first-order chi connectivity index (χ1) is 7.34. The fourth-order valence-electron chi connectivity index (χ4n) is 1.62. The molecule has 0 amide bonds. The highest BCUT2D eigenvalue weighted by Gasteiger charge is 2.21. The number of ether oxygens (including phenoxy) is 1. The molecule has 2 aliphatic rings. The second-order valence-electron chi connectivity index (χ2n) is 4.14. The predicted octanol–water partition coefficient (Wildman–Crippen LogP) is 0.00330. The van der Waals surface area contributed by atoms with Gasteiger partial charge in [0.15, 0.2) is 5.96 Å². The largest absolute Gasteiger partial charge is 0.379 e. The molecule has 94 valence electrons. The van der Waals surface area contributed by atoms with Crippen LogP contribution in [0.1, 0.15) is 12.8 Å². The second kappa shape index (κ2) is 7.29. The van der Waals surface area contributed by atoms with E-state index in [9.17, 15) is 0 Å². The Labute approximate surface area is 114 Å². The van der Waals surface area contributed by atoms with Crippen LogP contribution < -0.4 is 11.1 Å². The van der Waals surface area contributed by atoms with Crippen molar-refractivity contribution in [3.05, 3.63) is 0 Å². The molecular formula is C10H21IN4O. The molecule has 0 aromatic heterocycles. The van der Waals surface area contributed by atoms with Crippen molar-refractivity contribution in [3.8, 4) is 0 Å². The van der Waals surface area contributed by atoms with E-state index in [1.54, 1.807) is 0 Å². The quantitative estimate of drug-likeness (QED) is 0.430. The molecule has 2 fully saturated rings. The summed E-state index contributed by atoms with van der Waals surface area (Å²) < 4.78 is 5.27. The molecule has 0 atom stereocenters. The monoisotopic (exact) mass is 340 g/mol. The Morgan fingerprint density at radius 3 is 2.69 bits per heavy atom. The third kappa shape index (κ3) is 5.31. The molecule has 0 unspecified atom stereocenters. The summed E-state index contributed by atoms with van der Waals surface area (Å²) in [5.74, 6) is 0.603. The molecular weight excluding hydrogens is 319 g/mol. The van der Waals surface area contributed by atoms with Gasteiger partial charge in [0.2, 0.25) is 0 Å². The molecule has 1 heterocycles. The van der Waals surface area contributed by atoms with E-state index in [2.05, 4.69) is 15.2 Å². The van der Waals surface area contributed by atoms with E-state index in [-0.39, 0.29) is 24.0 Å². The molecule has 6 heteroatoms. The number of halogens is 1. The Kier molecular flexibility index (Phi) is 6.37. The summed E-state index contributed by atoms with van der Waals surface area (Å²) in [6.45, 7) is 5.50. The van der Waals surface area contributed by atoms with E-state index in [1.165, 1.54) is 12.8 Å². The molecule has 1 aliphatic heterocycles. The first kappa shape index (κ1) is 14.0. The van der Waals surface area contributed by atoms with Crippen LogP contribution >= 0.6 is 24.0 Å². The first-order valence-corrected chi connectivity index (χ1v) is 5.71. The first-order valence-electron chi connectivity index (χ1n) is 5.71. The minimum Gasteiger partial charge on any atom is -0.379 e. The number of nitrogens with one attached hydrogen (secondary N) is 1. The molecule has 0 spiro atoms. The Balaban J connectivity index is 0.00000128. The van der Waals surface area contributed by atoms with E-state index in [1.807, 2.05) is 0 Å². The van der Waals surface area contributed by atoms with Crippen molar-refractivity contribution in [3.63, 3.8) is 0 Å². The van der Waals surface area contributed by atoms with Gasteiger partial charge in [-0.1, -0.05) is 0 Å². The zero-order valence-corrected chi connectivity index (χ0v) is 11.9. The second-order valence-corrected chi connectivity index (χ2v) is 4.14. The van der Waals surface area contributed by atoms with Crippen molar-refractivity contribution in [2.45, 2.75) is 18.9 Å². The number of rotatable bonds is 4. The minimum absolute atomic E-state index is 0. The van der Waals surface area contributed by atoms with Gasteiger partial charge in [0.1, 0.15) is 0 Å². The molecule has 1 aliphatic carbocycles. The van der Waals surface area contributed by atoms with Gasteiger partial charge < -0.3 is 15.8 Å². The summed E-state index contributed by atoms with van der Waals surface area (Å²) in [5, 5.41) is 3.18. The van der Waals surface area contributed by atoms with Crippen LogP contribution in [0.5, 0.6) is 0 Å². The maximum Gasteiger partial charge on any atom is 0.188 e. The SMILES string of the molecule is I.NC(=NCCN1CCOCC1)NC1CC1. The van der Waals surface area contributed by atoms with Crippen molar-refractivity contribution in [2.75, 3.05) is 39.4 Å². The smallest absolute Gasteiger partial charge is 0.188 e. The van der Waals surface area contributed by atoms with Crippen LogP contribution in [-0.2, 0) is 4.74 Å². The Hall–Kier alpha value is -0.0800. The summed E-state index contributed by atoms with van der Waals surface area (Å²) >= 11 is 0. The van der Waals surface area contributed by atoms with E-state index in [0.717, 1.165) is 39.4 Å². The summed E-state index contributed by atoms with van der Waals surface area (Å²) in [6, 6.07) is 0.595. The summed E-state index contributed by atoms with van der Waals surface area (Å²) in [7, 11) is 0. The average molecular weight is 340 g/mol. The van der Waals surface area contributed by atoms with Gasteiger partial charge in [-0.2, -0.15) is 0 Å². The highest BCUT2D eigenvalue weighted by molar-refractivity contribution is 14.0. The number of morpholine rings is 1. The standard InChI is InChI=1S/C10H20N4O.HI/c11-10(13-9-1-2-9)12-3-4-14-5-7-15-8-6-14;/h9H,1-8H2,(H3,11,12,13);1H. The Morgan fingerprint density at radius 1 is 1.38 bits per heavy atom. The highest BCUT2D eigenvalue weighted by Crippen LogP contribution is 2.17. The fraction of sp³-hybridized carbons (Fsp3) is 0.900. The molecule has 5 nitrogen and oxygen atoms in total. The van der Waals surface area contributed by atoms with Gasteiger partial charge in [0.05, 0.1) is 19.8 Å². The molecule has 0 aromatic carbocycles. The van der Waals surface area contributed by atoms with Gasteiger partial charge in [-0.15, -0.1) is 24.0 Å². The van der Waals surface area contributed by atoms with Crippen molar-refractivity contribution in [2.24, 2.45) is 10.7 Å². The number of hydrogen-bond acceptors (Lipinski definition) is 3. The Bertz CT molecular complexity index is 227. The molecule has 16 heavy (non-hydrogen) atoms. The van der Waals surface area contributed by atoms with Crippen LogP contribution in [-0.4, -0.2) is 56.3 Å². The zero-order valence-electron chi connectivity index (χ0n) is 9.52. The maximum atomic E-state index is 5.73. The van der Waals surface area contributed by atoms with E-state index >= 15 is 0 Å². The van der Waals surface area contributed by atoms with Crippen molar-refractivity contribution < 1.29 is 4.74 Å². The number of nitrogens with zero attached hydrogens (tertiary/aromatic N) is 2. The lowest BCUT2D eigenvalue weighted by Crippen LogP contribution is -2.39. The number of aliphatic imine (C=N–C) groups is 1. The van der Waals surface area contributed by atoms with Crippen LogP contribution in [0.2, 0.25) is 0 Å². The topological polar surface area (TPSA) is 62.9 Å². The molecule has 0 radical (unpaired) electrons. The molecule has 2 rings (SSSR count). The third-order valence-corrected chi connectivity index (χ3v) is 2.73. The molecule has 1 saturated carbocycles. The van der Waals surface area contributed by atoms with E-state index in [0.29, 0.717) is 12.0 Å². The molecule has 3 N–H and O–H groups in total. The molecule has 1 saturated heterocycles. The van der Waals surface area contributed by atoms with Gasteiger partial charge >= 0.3 is 0 Å². The summed E-state index contributed by atoms with van der Waals surface area (Å²) in [5.41, 5.74) is 5.73. The fourth-order valence-corrected chi connectivity index (χ4v) is 1.62. The van der Waals surface area contributed by atoms with Crippen LogP contribution in [0.15, 0.2) is 4.99 Å². The minimum atomic E-state index is 0. The lowest BCUT2D eigenvalue weighted by Gasteiger charge is -2.25. The van der Waals surface area contributed by atoms with Crippen molar-refractivity contribution in [1.29, 1.82) is 0 Å². The van der Waals surface area contributed by atoms with Crippen molar-refractivity contribution >= 4 is 29.9 Å². The van der Waals surface area contributed by atoms with Crippen molar-refractivity contribution in [1.82, 2.24) is 10.2 Å². The van der Waals surface area contributed by atoms with Crippen LogP contribution in [0.3, 0.4) is 0 Å². The van der Waals surface area contributed by atoms with Gasteiger partial charge in [0.25, 0.3) is 0 Å². The number of guanidine groups is 1. The van der Waals surface area contributed by atoms with Gasteiger partial charge in [-0.25, -0.2) is 0 Å².